The van der Waals surface area contributed by atoms with Crippen LogP contribution in [0.5, 0.6) is 0 Å². The molecule has 1 heteroatoms. The average molecular weight is 249 g/mol. The molecule has 1 rings (SSSR count). The normalized spacial score (nSPS) is 7.33. The zero-order chi connectivity index (χ0) is 15.1. The van der Waals surface area contributed by atoms with Crippen molar-refractivity contribution in [2.24, 2.45) is 0 Å². The van der Waals surface area contributed by atoms with Gasteiger partial charge in [-0.2, -0.15) is 0 Å². The fraction of sp³-hybridized carbons (Fsp3) is 0.471. The average Bonchev–Trinajstić information content (AvgIpc) is 2.48. The lowest BCUT2D eigenvalue weighted by atomic mass is 9.98. The molecule has 0 saturated heterocycles. The third kappa shape index (κ3) is 7.05. The molecule has 0 bridgehead atoms. The van der Waals surface area contributed by atoms with E-state index in [0.29, 0.717) is 0 Å². The Balaban J connectivity index is -0.000000328. The highest BCUT2D eigenvalue weighted by atomic mass is 14.3. The molecule has 0 amide bonds. The summed E-state index contributed by atoms with van der Waals surface area (Å²) in [6, 6.07) is 4.05. The van der Waals surface area contributed by atoms with Crippen LogP contribution < -0.4 is 0 Å². The topological polar surface area (TPSA) is 23.9 Å². The maximum absolute atomic E-state index is 7.25. The standard InChI is InChI=1S/C11H13N.3C2H6/c1-4-10-6-5-8(2)9(3)11(10)7-12;3*1-2/h4-7,12H,1H2,2-3H3;3*1-2H3. The van der Waals surface area contributed by atoms with Crippen molar-refractivity contribution in [1.82, 2.24) is 0 Å². The number of hydrogen-bond acceptors (Lipinski definition) is 1. The van der Waals surface area contributed by atoms with E-state index in [0.717, 1.165) is 11.1 Å². The Hall–Kier alpha value is -1.37. The molecule has 0 aromatic heterocycles. The van der Waals surface area contributed by atoms with Crippen LogP contribution in [0.25, 0.3) is 6.08 Å². The molecule has 0 heterocycles. The van der Waals surface area contributed by atoms with Crippen LogP contribution in [0.15, 0.2) is 18.7 Å². The molecule has 104 valence electrons. The molecule has 0 aliphatic carbocycles. The van der Waals surface area contributed by atoms with E-state index in [-0.39, 0.29) is 0 Å². The van der Waals surface area contributed by atoms with Gasteiger partial charge in [0.1, 0.15) is 0 Å². The van der Waals surface area contributed by atoms with Crippen molar-refractivity contribution >= 4 is 12.3 Å². The summed E-state index contributed by atoms with van der Waals surface area (Å²) in [6.07, 6.45) is 3.17. The maximum Gasteiger partial charge on any atom is 0.0259 e. The van der Waals surface area contributed by atoms with E-state index in [4.69, 9.17) is 5.41 Å². The van der Waals surface area contributed by atoms with Gasteiger partial charge in [0.15, 0.2) is 0 Å². The van der Waals surface area contributed by atoms with Crippen molar-refractivity contribution in [2.75, 3.05) is 0 Å². The van der Waals surface area contributed by atoms with Crippen molar-refractivity contribution in [3.8, 4) is 0 Å². The summed E-state index contributed by atoms with van der Waals surface area (Å²) in [7, 11) is 0. The van der Waals surface area contributed by atoms with Crippen LogP contribution in [0.3, 0.4) is 0 Å². The molecule has 1 nitrogen and oxygen atoms in total. The van der Waals surface area contributed by atoms with Gasteiger partial charge < -0.3 is 5.41 Å². The Kier molecular flexibility index (Phi) is 19.0. The van der Waals surface area contributed by atoms with E-state index in [9.17, 15) is 0 Å². The van der Waals surface area contributed by atoms with E-state index >= 15 is 0 Å². The zero-order valence-electron chi connectivity index (χ0n) is 13.5. The smallest absolute Gasteiger partial charge is 0.0259 e. The second kappa shape index (κ2) is 15.6. The van der Waals surface area contributed by atoms with Gasteiger partial charge in [-0.15, -0.1) is 0 Å². The van der Waals surface area contributed by atoms with Gasteiger partial charge in [0.25, 0.3) is 0 Å². The van der Waals surface area contributed by atoms with Crippen molar-refractivity contribution < 1.29 is 0 Å². The van der Waals surface area contributed by atoms with Gasteiger partial charge in [-0.05, 0) is 30.5 Å². The SMILES string of the molecule is C=Cc1ccc(C)c(C)c1C=N.CC.CC.CC. The minimum Gasteiger partial charge on any atom is -0.308 e. The predicted octanol–water partition coefficient (Wildman–Crippen LogP) is 6.02. The van der Waals surface area contributed by atoms with E-state index < -0.39 is 0 Å². The second-order valence-electron chi connectivity index (χ2n) is 2.86. The van der Waals surface area contributed by atoms with Gasteiger partial charge in [0.2, 0.25) is 0 Å². The summed E-state index contributed by atoms with van der Waals surface area (Å²) < 4.78 is 0. The molecule has 0 atom stereocenters. The first-order valence-corrected chi connectivity index (χ1v) is 6.93. The molecule has 0 saturated carbocycles. The molecule has 1 N–H and O–H groups in total. The summed E-state index contributed by atoms with van der Waals surface area (Å²) in [5.41, 5.74) is 4.40. The van der Waals surface area contributed by atoms with E-state index in [1.165, 1.54) is 17.3 Å². The van der Waals surface area contributed by atoms with Gasteiger partial charge in [0.05, 0.1) is 0 Å². The van der Waals surface area contributed by atoms with Crippen molar-refractivity contribution in [3.63, 3.8) is 0 Å². The number of benzene rings is 1. The molecule has 1 aromatic rings. The third-order valence-electron chi connectivity index (χ3n) is 2.18. The largest absolute Gasteiger partial charge is 0.308 e. The molecular formula is C17H31N. The minimum atomic E-state index is 0.977. The summed E-state index contributed by atoms with van der Waals surface area (Å²) in [5.74, 6) is 0. The number of nitrogens with one attached hydrogen (secondary N) is 1. The summed E-state index contributed by atoms with van der Waals surface area (Å²) >= 11 is 0. The molecule has 0 aliphatic heterocycles. The van der Waals surface area contributed by atoms with Crippen LogP contribution in [0.2, 0.25) is 0 Å². The van der Waals surface area contributed by atoms with Crippen molar-refractivity contribution in [2.45, 2.75) is 55.4 Å². The van der Waals surface area contributed by atoms with Crippen LogP contribution in [-0.2, 0) is 0 Å². The molecule has 1 aromatic carbocycles. The zero-order valence-corrected chi connectivity index (χ0v) is 13.5. The van der Waals surface area contributed by atoms with Crippen LogP contribution in [0.1, 0.15) is 63.8 Å². The lowest BCUT2D eigenvalue weighted by Gasteiger charge is -2.06. The first kappa shape index (κ1) is 21.9. The first-order chi connectivity index (χ1) is 8.70. The summed E-state index contributed by atoms with van der Waals surface area (Å²) in [5, 5.41) is 7.25. The minimum absolute atomic E-state index is 0.977. The van der Waals surface area contributed by atoms with Crippen LogP contribution in [0.4, 0.5) is 0 Å². The third-order valence-corrected chi connectivity index (χ3v) is 2.18. The second-order valence-corrected chi connectivity index (χ2v) is 2.86. The van der Waals surface area contributed by atoms with Crippen molar-refractivity contribution in [1.29, 1.82) is 5.41 Å². The Morgan fingerprint density at radius 3 is 1.72 bits per heavy atom. The van der Waals surface area contributed by atoms with Crippen molar-refractivity contribution in [3.05, 3.63) is 41.0 Å². The molecule has 0 spiro atoms. The number of hydrogen-bond donors (Lipinski definition) is 1. The molecule has 0 fully saturated rings. The van der Waals surface area contributed by atoms with Gasteiger partial charge >= 0.3 is 0 Å². The van der Waals surface area contributed by atoms with Gasteiger partial charge in [-0.25, -0.2) is 0 Å². The lowest BCUT2D eigenvalue weighted by molar-refractivity contribution is 1.31. The van der Waals surface area contributed by atoms with Gasteiger partial charge in [0, 0.05) is 11.8 Å². The monoisotopic (exact) mass is 249 g/mol. The molecule has 0 unspecified atom stereocenters. The van der Waals surface area contributed by atoms with Crippen LogP contribution in [-0.4, -0.2) is 6.21 Å². The Morgan fingerprint density at radius 2 is 1.39 bits per heavy atom. The van der Waals surface area contributed by atoms with E-state index in [2.05, 4.69) is 19.6 Å². The number of rotatable bonds is 2. The summed E-state index contributed by atoms with van der Waals surface area (Å²) in [6.45, 7) is 19.8. The first-order valence-electron chi connectivity index (χ1n) is 6.93. The maximum atomic E-state index is 7.25. The molecule has 0 aliphatic rings. The number of aryl methyl sites for hydroxylation is 1. The highest BCUT2D eigenvalue weighted by Gasteiger charge is 2.01. The highest BCUT2D eigenvalue weighted by Crippen LogP contribution is 2.16. The lowest BCUT2D eigenvalue weighted by Crippen LogP contribution is -1.93. The molecule has 0 radical (unpaired) electrons. The molecular weight excluding hydrogens is 218 g/mol. The predicted molar refractivity (Wildman–Crippen MR) is 87.9 cm³/mol. The quantitative estimate of drug-likeness (QED) is 0.619. The molecule has 18 heavy (non-hydrogen) atoms. The summed E-state index contributed by atoms with van der Waals surface area (Å²) in [4.78, 5) is 0. The Morgan fingerprint density at radius 1 is 0.944 bits per heavy atom. The Bertz CT molecular complexity index is 325. The van der Waals surface area contributed by atoms with E-state index in [1.807, 2.05) is 54.5 Å². The highest BCUT2D eigenvalue weighted by molar-refractivity contribution is 5.85. The van der Waals surface area contributed by atoms with Gasteiger partial charge in [-0.3, -0.25) is 0 Å². The Labute approximate surface area is 114 Å². The fourth-order valence-corrected chi connectivity index (χ4v) is 1.23. The fourth-order valence-electron chi connectivity index (χ4n) is 1.23. The van der Waals surface area contributed by atoms with Crippen LogP contribution >= 0.6 is 0 Å². The van der Waals surface area contributed by atoms with Crippen LogP contribution in [0, 0.1) is 19.3 Å². The van der Waals surface area contributed by atoms with Gasteiger partial charge in [-0.1, -0.05) is 66.3 Å². The van der Waals surface area contributed by atoms with E-state index in [1.54, 1.807) is 6.08 Å².